The van der Waals surface area contributed by atoms with Gasteiger partial charge in [-0.2, -0.15) is 0 Å². The SMILES string of the molecule is CC(=O)Nc1c(Cl)ccc(Cl)c1[N+](=O)[O-]. The molecule has 0 unspecified atom stereocenters. The Labute approximate surface area is 95.1 Å². The zero-order chi connectivity index (χ0) is 11.6. The van der Waals surface area contributed by atoms with Crippen LogP contribution in [-0.2, 0) is 4.79 Å². The Morgan fingerprint density at radius 2 is 1.93 bits per heavy atom. The van der Waals surface area contributed by atoms with Crippen LogP contribution in [-0.4, -0.2) is 10.8 Å². The highest BCUT2D eigenvalue weighted by atomic mass is 35.5. The maximum Gasteiger partial charge on any atom is 0.312 e. The third-order valence-electron chi connectivity index (χ3n) is 1.56. The second kappa shape index (κ2) is 4.46. The van der Waals surface area contributed by atoms with E-state index in [9.17, 15) is 14.9 Å². The lowest BCUT2D eigenvalue weighted by Gasteiger charge is -2.06. The normalized spacial score (nSPS) is 9.80. The van der Waals surface area contributed by atoms with Gasteiger partial charge in [0.15, 0.2) is 0 Å². The van der Waals surface area contributed by atoms with Crippen molar-refractivity contribution >= 4 is 40.5 Å². The zero-order valence-electron chi connectivity index (χ0n) is 7.58. The van der Waals surface area contributed by atoms with Crippen LogP contribution < -0.4 is 5.32 Å². The van der Waals surface area contributed by atoms with E-state index in [1.807, 2.05) is 0 Å². The molecule has 0 saturated heterocycles. The van der Waals surface area contributed by atoms with Crippen molar-refractivity contribution in [3.8, 4) is 0 Å². The molecule has 0 aliphatic heterocycles. The quantitative estimate of drug-likeness (QED) is 0.646. The Balaban J connectivity index is 3.38. The van der Waals surface area contributed by atoms with Crippen molar-refractivity contribution in [1.29, 1.82) is 0 Å². The largest absolute Gasteiger partial charge is 0.319 e. The van der Waals surface area contributed by atoms with Crippen LogP contribution in [0.3, 0.4) is 0 Å². The van der Waals surface area contributed by atoms with Gasteiger partial charge in [0.25, 0.3) is 0 Å². The number of nitrogens with one attached hydrogen (secondary N) is 1. The predicted octanol–water partition coefficient (Wildman–Crippen LogP) is 2.86. The summed E-state index contributed by atoms with van der Waals surface area (Å²) in [5.74, 6) is -0.456. The first kappa shape index (κ1) is 11.7. The van der Waals surface area contributed by atoms with Crippen LogP contribution in [0.5, 0.6) is 0 Å². The molecule has 1 aromatic carbocycles. The maximum absolute atomic E-state index is 10.8. The van der Waals surface area contributed by atoms with Gasteiger partial charge in [0.05, 0.1) is 9.95 Å². The molecular formula is C8H6Cl2N2O3. The molecule has 1 aromatic rings. The van der Waals surface area contributed by atoms with Crippen LogP contribution >= 0.6 is 23.2 Å². The number of benzene rings is 1. The van der Waals surface area contributed by atoms with Crippen molar-refractivity contribution in [2.45, 2.75) is 6.92 Å². The van der Waals surface area contributed by atoms with Gasteiger partial charge in [0, 0.05) is 6.92 Å². The maximum atomic E-state index is 10.8. The Bertz CT molecular complexity index is 434. The van der Waals surface area contributed by atoms with Gasteiger partial charge < -0.3 is 5.32 Å². The van der Waals surface area contributed by atoms with Crippen molar-refractivity contribution in [1.82, 2.24) is 0 Å². The minimum Gasteiger partial charge on any atom is -0.319 e. The average molecular weight is 249 g/mol. The van der Waals surface area contributed by atoms with Gasteiger partial charge >= 0.3 is 5.69 Å². The summed E-state index contributed by atoms with van der Waals surface area (Å²) >= 11 is 11.3. The summed E-state index contributed by atoms with van der Waals surface area (Å²) in [6, 6.07) is 2.68. The van der Waals surface area contributed by atoms with Crippen molar-refractivity contribution in [3.05, 3.63) is 32.3 Å². The summed E-state index contributed by atoms with van der Waals surface area (Å²) < 4.78 is 0. The van der Waals surface area contributed by atoms with Gasteiger partial charge in [-0.25, -0.2) is 0 Å². The number of hydrogen-bond acceptors (Lipinski definition) is 3. The highest BCUT2D eigenvalue weighted by molar-refractivity contribution is 6.37. The number of nitro benzene ring substituents is 1. The fraction of sp³-hybridized carbons (Fsp3) is 0.125. The van der Waals surface area contributed by atoms with Gasteiger partial charge in [-0.3, -0.25) is 14.9 Å². The summed E-state index contributed by atoms with van der Waals surface area (Å²) in [5, 5.41) is 12.9. The van der Waals surface area contributed by atoms with Crippen molar-refractivity contribution in [2.75, 3.05) is 5.32 Å². The predicted molar refractivity (Wildman–Crippen MR) is 57.4 cm³/mol. The van der Waals surface area contributed by atoms with Crippen LogP contribution in [0, 0.1) is 10.1 Å². The van der Waals surface area contributed by atoms with E-state index in [2.05, 4.69) is 5.32 Å². The van der Waals surface area contributed by atoms with Crippen molar-refractivity contribution in [3.63, 3.8) is 0 Å². The van der Waals surface area contributed by atoms with E-state index in [4.69, 9.17) is 23.2 Å². The molecule has 0 spiro atoms. The molecule has 80 valence electrons. The lowest BCUT2D eigenvalue weighted by Crippen LogP contribution is -2.08. The smallest absolute Gasteiger partial charge is 0.312 e. The number of carbonyl (C=O) groups excluding carboxylic acids is 1. The second-order valence-electron chi connectivity index (χ2n) is 2.69. The first-order valence-electron chi connectivity index (χ1n) is 3.83. The van der Waals surface area contributed by atoms with Crippen molar-refractivity contribution in [2.24, 2.45) is 0 Å². The van der Waals surface area contributed by atoms with E-state index in [0.717, 1.165) is 0 Å². The number of nitrogens with zero attached hydrogens (tertiary/aromatic N) is 1. The molecule has 15 heavy (non-hydrogen) atoms. The summed E-state index contributed by atoms with van der Waals surface area (Å²) in [5.41, 5.74) is -0.485. The Kier molecular flexibility index (Phi) is 3.49. The average Bonchev–Trinajstić information content (AvgIpc) is 2.10. The molecular weight excluding hydrogens is 243 g/mol. The fourth-order valence-electron chi connectivity index (χ4n) is 1.01. The minimum atomic E-state index is -0.695. The highest BCUT2D eigenvalue weighted by Gasteiger charge is 2.22. The topological polar surface area (TPSA) is 72.2 Å². The molecule has 1 amide bonds. The van der Waals surface area contributed by atoms with Crippen LogP contribution in [0.4, 0.5) is 11.4 Å². The Morgan fingerprint density at radius 3 is 2.40 bits per heavy atom. The van der Waals surface area contributed by atoms with E-state index in [1.54, 1.807) is 0 Å². The van der Waals surface area contributed by atoms with Gasteiger partial charge in [0.2, 0.25) is 5.91 Å². The highest BCUT2D eigenvalue weighted by Crippen LogP contribution is 2.37. The first-order chi connectivity index (χ1) is 6.93. The van der Waals surface area contributed by atoms with E-state index < -0.39 is 16.5 Å². The Morgan fingerprint density at radius 1 is 1.40 bits per heavy atom. The van der Waals surface area contributed by atoms with Gasteiger partial charge in [-0.15, -0.1) is 0 Å². The molecule has 0 bridgehead atoms. The lowest BCUT2D eigenvalue weighted by molar-refractivity contribution is -0.383. The molecule has 1 N–H and O–H groups in total. The molecule has 0 heterocycles. The molecule has 0 aliphatic rings. The molecule has 0 aliphatic carbocycles. The third kappa shape index (κ3) is 2.57. The molecule has 0 radical (unpaired) electrons. The molecule has 0 atom stereocenters. The van der Waals surface area contributed by atoms with Crippen LogP contribution in [0.25, 0.3) is 0 Å². The van der Waals surface area contributed by atoms with Gasteiger partial charge in [-0.1, -0.05) is 23.2 Å². The fourth-order valence-corrected chi connectivity index (χ4v) is 1.44. The minimum absolute atomic E-state index is 0.0706. The van der Waals surface area contributed by atoms with Crippen LogP contribution in [0.2, 0.25) is 10.0 Å². The van der Waals surface area contributed by atoms with E-state index >= 15 is 0 Å². The van der Waals surface area contributed by atoms with Gasteiger partial charge in [0.1, 0.15) is 10.7 Å². The van der Waals surface area contributed by atoms with E-state index in [1.165, 1.54) is 19.1 Å². The zero-order valence-corrected chi connectivity index (χ0v) is 9.09. The number of anilines is 1. The number of carbonyl (C=O) groups is 1. The molecule has 0 aromatic heterocycles. The molecule has 0 saturated carbocycles. The lowest BCUT2D eigenvalue weighted by atomic mass is 10.2. The number of nitro groups is 1. The summed E-state index contributed by atoms with van der Waals surface area (Å²) in [4.78, 5) is 20.8. The summed E-state index contributed by atoms with van der Waals surface area (Å²) in [7, 11) is 0. The molecule has 7 heteroatoms. The third-order valence-corrected chi connectivity index (χ3v) is 2.18. The number of halogens is 2. The second-order valence-corrected chi connectivity index (χ2v) is 3.51. The monoisotopic (exact) mass is 248 g/mol. The van der Waals surface area contributed by atoms with E-state index in [-0.39, 0.29) is 15.7 Å². The van der Waals surface area contributed by atoms with Crippen molar-refractivity contribution < 1.29 is 9.72 Å². The summed E-state index contributed by atoms with van der Waals surface area (Å²) in [6.07, 6.45) is 0. The van der Waals surface area contributed by atoms with Gasteiger partial charge in [-0.05, 0) is 12.1 Å². The van der Waals surface area contributed by atoms with Crippen LogP contribution in [0.15, 0.2) is 12.1 Å². The molecule has 5 nitrogen and oxygen atoms in total. The number of amides is 1. The molecule has 0 fully saturated rings. The molecule has 1 rings (SSSR count). The summed E-state index contributed by atoms with van der Waals surface area (Å²) in [6.45, 7) is 1.22. The number of hydrogen-bond donors (Lipinski definition) is 1. The first-order valence-corrected chi connectivity index (χ1v) is 4.59. The standard InChI is InChI=1S/C8H6Cl2N2O3/c1-4(13)11-7-5(9)2-3-6(10)8(7)12(14)15/h2-3H,1H3,(H,11,13). The Hall–Kier alpha value is -1.33. The van der Waals surface area contributed by atoms with E-state index in [0.29, 0.717) is 0 Å². The number of rotatable bonds is 2. The van der Waals surface area contributed by atoms with Crippen LogP contribution in [0.1, 0.15) is 6.92 Å².